The minimum atomic E-state index is -0.768. The van der Waals surface area contributed by atoms with Gasteiger partial charge in [0.05, 0.1) is 12.9 Å². The fourth-order valence-corrected chi connectivity index (χ4v) is 4.03. The Kier molecular flexibility index (Phi) is 5.86. The molecule has 2 aromatic heterocycles. The van der Waals surface area contributed by atoms with E-state index in [1.807, 2.05) is 32.3 Å². The minimum Gasteiger partial charge on any atom is -0.462 e. The van der Waals surface area contributed by atoms with Crippen LogP contribution >= 0.6 is 0 Å². The van der Waals surface area contributed by atoms with Gasteiger partial charge in [0.15, 0.2) is 17.3 Å². The van der Waals surface area contributed by atoms with Gasteiger partial charge in [0.25, 0.3) is 0 Å². The molecule has 0 bridgehead atoms. The van der Waals surface area contributed by atoms with Crippen LogP contribution in [-0.2, 0) is 30.3 Å². The molecule has 11 nitrogen and oxygen atoms in total. The van der Waals surface area contributed by atoms with E-state index >= 15 is 0 Å². The van der Waals surface area contributed by atoms with Gasteiger partial charge in [-0.1, -0.05) is 20.3 Å². The standard InChI is InChI=1S/C20H30N6O5/c1-5-10(2)13(21)19(27)28-7-12-16-15(30-20(3,4)31-16)11(29-12)6-26-9-25-14-17(22)23-8-24-18(14)26/h8-13,15-16H,5-7,21H2,1-4H3,(H2,22,23,24)/t10-,11-,12+,13-,15-,16+/m0/s1. The van der Waals surface area contributed by atoms with E-state index in [9.17, 15) is 4.79 Å². The van der Waals surface area contributed by atoms with Crippen molar-refractivity contribution in [2.45, 2.75) is 76.9 Å². The van der Waals surface area contributed by atoms with Crippen LogP contribution in [0, 0.1) is 5.92 Å². The average molecular weight is 434 g/mol. The van der Waals surface area contributed by atoms with Crippen molar-refractivity contribution in [3.05, 3.63) is 12.7 Å². The summed E-state index contributed by atoms with van der Waals surface area (Å²) in [4.78, 5) is 24.9. The highest BCUT2D eigenvalue weighted by Gasteiger charge is 2.55. The molecule has 0 saturated carbocycles. The predicted octanol–water partition coefficient (Wildman–Crippen LogP) is 0.613. The number of esters is 1. The highest BCUT2D eigenvalue weighted by Crippen LogP contribution is 2.39. The van der Waals surface area contributed by atoms with Gasteiger partial charge in [-0.2, -0.15) is 0 Å². The Morgan fingerprint density at radius 3 is 2.68 bits per heavy atom. The van der Waals surface area contributed by atoms with Gasteiger partial charge in [0, 0.05) is 0 Å². The second kappa shape index (κ2) is 8.30. The number of hydrogen-bond donors (Lipinski definition) is 2. The first-order valence-corrected chi connectivity index (χ1v) is 10.5. The van der Waals surface area contributed by atoms with E-state index in [1.165, 1.54) is 6.33 Å². The number of carbonyl (C=O) groups excluding carboxylic acids is 1. The molecule has 4 rings (SSSR count). The van der Waals surface area contributed by atoms with E-state index in [0.29, 0.717) is 23.5 Å². The van der Waals surface area contributed by atoms with Gasteiger partial charge in [-0.05, 0) is 19.8 Å². The lowest BCUT2D eigenvalue weighted by atomic mass is 10.0. The fourth-order valence-electron chi connectivity index (χ4n) is 4.03. The topological polar surface area (TPSA) is 150 Å². The van der Waals surface area contributed by atoms with Crippen molar-refractivity contribution >= 4 is 23.0 Å². The van der Waals surface area contributed by atoms with Gasteiger partial charge in [-0.15, -0.1) is 0 Å². The maximum absolute atomic E-state index is 12.3. The molecule has 0 amide bonds. The van der Waals surface area contributed by atoms with E-state index in [4.69, 9.17) is 30.4 Å². The summed E-state index contributed by atoms with van der Waals surface area (Å²) in [6.07, 6.45) is 2.30. The van der Waals surface area contributed by atoms with E-state index in [-0.39, 0.29) is 30.8 Å². The minimum absolute atomic E-state index is 0.0337. The van der Waals surface area contributed by atoms with Crippen molar-refractivity contribution < 1.29 is 23.7 Å². The Balaban J connectivity index is 1.48. The van der Waals surface area contributed by atoms with Crippen LogP contribution in [0.5, 0.6) is 0 Å². The first-order valence-electron chi connectivity index (χ1n) is 10.5. The lowest BCUT2D eigenvalue weighted by molar-refractivity contribution is -0.194. The smallest absolute Gasteiger partial charge is 0.323 e. The Morgan fingerprint density at radius 1 is 1.26 bits per heavy atom. The molecule has 0 unspecified atom stereocenters. The largest absolute Gasteiger partial charge is 0.462 e. The Morgan fingerprint density at radius 2 is 1.97 bits per heavy atom. The number of imidazole rings is 1. The zero-order valence-electron chi connectivity index (χ0n) is 18.2. The normalized spacial score (nSPS) is 29.1. The first-order chi connectivity index (χ1) is 14.7. The van der Waals surface area contributed by atoms with E-state index < -0.39 is 23.9 Å². The van der Waals surface area contributed by atoms with E-state index in [1.54, 1.807) is 6.33 Å². The number of nitrogen functional groups attached to an aromatic ring is 1. The van der Waals surface area contributed by atoms with Crippen LogP contribution in [0.25, 0.3) is 11.2 Å². The van der Waals surface area contributed by atoms with Crippen molar-refractivity contribution in [1.82, 2.24) is 19.5 Å². The summed E-state index contributed by atoms with van der Waals surface area (Å²) in [5, 5.41) is 0. The number of aromatic nitrogens is 4. The molecule has 2 aromatic rings. The summed E-state index contributed by atoms with van der Waals surface area (Å²) in [6, 6.07) is -0.669. The van der Waals surface area contributed by atoms with E-state index in [0.717, 1.165) is 6.42 Å². The molecule has 2 fully saturated rings. The van der Waals surface area contributed by atoms with Crippen LogP contribution in [0.3, 0.4) is 0 Å². The van der Waals surface area contributed by atoms with Crippen molar-refractivity contribution in [3.8, 4) is 0 Å². The molecule has 31 heavy (non-hydrogen) atoms. The monoisotopic (exact) mass is 434 g/mol. The first kappa shape index (κ1) is 21.9. The quantitative estimate of drug-likeness (QED) is 0.593. The van der Waals surface area contributed by atoms with Gasteiger partial charge in [-0.25, -0.2) is 15.0 Å². The van der Waals surface area contributed by atoms with Crippen molar-refractivity contribution in [2.24, 2.45) is 11.7 Å². The molecule has 4 N–H and O–H groups in total. The Labute approximate surface area is 180 Å². The molecule has 0 radical (unpaired) electrons. The van der Waals surface area contributed by atoms with Crippen molar-refractivity contribution in [2.75, 3.05) is 12.3 Å². The third-order valence-electron chi connectivity index (χ3n) is 5.97. The molecule has 0 aliphatic carbocycles. The van der Waals surface area contributed by atoms with Crippen LogP contribution < -0.4 is 11.5 Å². The summed E-state index contributed by atoms with van der Waals surface area (Å²) < 4.78 is 25.7. The van der Waals surface area contributed by atoms with Crippen molar-refractivity contribution in [1.29, 1.82) is 0 Å². The van der Waals surface area contributed by atoms with Crippen LogP contribution in [0.4, 0.5) is 5.82 Å². The second-order valence-corrected chi connectivity index (χ2v) is 8.65. The molecular formula is C20H30N6O5. The van der Waals surface area contributed by atoms with Gasteiger partial charge in [-0.3, -0.25) is 4.79 Å². The fraction of sp³-hybridized carbons (Fsp3) is 0.700. The lowest BCUT2D eigenvalue weighted by Crippen LogP contribution is -2.40. The van der Waals surface area contributed by atoms with Crippen LogP contribution in [0.15, 0.2) is 12.7 Å². The highest BCUT2D eigenvalue weighted by atomic mass is 16.8. The number of carbonyl (C=O) groups is 1. The summed E-state index contributed by atoms with van der Waals surface area (Å²) in [6.45, 7) is 8.07. The number of nitrogens with two attached hydrogens (primary N) is 2. The van der Waals surface area contributed by atoms with Gasteiger partial charge < -0.3 is 35.0 Å². The van der Waals surface area contributed by atoms with Crippen LogP contribution in [0.1, 0.15) is 34.1 Å². The molecule has 2 saturated heterocycles. The SMILES string of the molecule is CC[C@H](C)[C@H](N)C(=O)OC[C@H]1O[C@@H](Cn2cnc3c(N)ncnc32)[C@@H]2OC(C)(C)O[C@@H]21. The maximum Gasteiger partial charge on any atom is 0.323 e. The van der Waals surface area contributed by atoms with Crippen LogP contribution in [-0.4, -0.2) is 68.3 Å². The number of anilines is 1. The number of hydrogen-bond acceptors (Lipinski definition) is 10. The van der Waals surface area contributed by atoms with Gasteiger partial charge >= 0.3 is 5.97 Å². The Bertz CT molecular complexity index is 949. The molecule has 6 atom stereocenters. The summed E-state index contributed by atoms with van der Waals surface area (Å²) in [7, 11) is 0. The van der Waals surface area contributed by atoms with Gasteiger partial charge in [0.2, 0.25) is 0 Å². The van der Waals surface area contributed by atoms with E-state index in [2.05, 4.69) is 15.0 Å². The average Bonchev–Trinajstić information content (AvgIpc) is 3.38. The number of rotatable bonds is 7. The molecule has 170 valence electrons. The molecular weight excluding hydrogens is 404 g/mol. The predicted molar refractivity (Wildman–Crippen MR) is 111 cm³/mol. The summed E-state index contributed by atoms with van der Waals surface area (Å²) >= 11 is 0. The third-order valence-corrected chi connectivity index (χ3v) is 5.97. The van der Waals surface area contributed by atoms with Gasteiger partial charge in [0.1, 0.15) is 48.9 Å². The zero-order chi connectivity index (χ0) is 22.3. The maximum atomic E-state index is 12.3. The van der Waals surface area contributed by atoms with Crippen LogP contribution in [0.2, 0.25) is 0 Å². The van der Waals surface area contributed by atoms with Crippen molar-refractivity contribution in [3.63, 3.8) is 0 Å². The second-order valence-electron chi connectivity index (χ2n) is 8.65. The molecule has 2 aliphatic rings. The zero-order valence-corrected chi connectivity index (χ0v) is 18.2. The number of nitrogens with zero attached hydrogens (tertiary/aromatic N) is 4. The molecule has 11 heteroatoms. The molecule has 2 aliphatic heterocycles. The number of ether oxygens (including phenoxy) is 4. The summed E-state index contributed by atoms with van der Waals surface area (Å²) in [5.41, 5.74) is 13.0. The highest BCUT2D eigenvalue weighted by molar-refractivity contribution is 5.81. The molecule has 4 heterocycles. The lowest BCUT2D eigenvalue weighted by Gasteiger charge is -2.25. The molecule has 0 aromatic carbocycles. The third kappa shape index (κ3) is 4.22. The number of fused-ring (bicyclic) bond motifs is 2. The Hall–Kier alpha value is -2.34. The summed E-state index contributed by atoms with van der Waals surface area (Å²) in [5.74, 6) is -0.857. The molecule has 0 spiro atoms.